The molecule has 1 amide bonds. The number of hydrogen-bond donors (Lipinski definition) is 1. The average molecular weight is 455 g/mol. The highest BCUT2D eigenvalue weighted by Crippen LogP contribution is 2.38. The number of alkyl halides is 3. The fourth-order valence-corrected chi connectivity index (χ4v) is 3.96. The summed E-state index contributed by atoms with van der Waals surface area (Å²) < 4.78 is 39.6. The maximum atomic E-state index is 12.5. The number of carbonyl (C=O) groups excluding carboxylic acids is 1. The Balaban J connectivity index is 0.000000360. The number of aromatic nitrogens is 3. The third-order valence-corrected chi connectivity index (χ3v) is 5.70. The molecule has 2 saturated heterocycles. The standard InChI is InChI=1S/C18H23N5O2.C2HF3O2/c1-14-18(6-9-22(10-7-18)16-5-3-4-8-19-16)25-13-17(24)23(14)15-11-20-21(2)12-15;3-2(4,5)1(6)7/h3-5,8,11-12,14H,6-7,9-10,13H2,1-2H3;(H,6,7). The second-order valence-electron chi connectivity index (χ2n) is 7.64. The maximum Gasteiger partial charge on any atom is 0.490 e. The van der Waals surface area contributed by atoms with Gasteiger partial charge in [-0.15, -0.1) is 0 Å². The zero-order chi connectivity index (χ0) is 23.5. The number of halogens is 3. The van der Waals surface area contributed by atoms with Gasteiger partial charge < -0.3 is 19.6 Å². The van der Waals surface area contributed by atoms with Crippen molar-refractivity contribution in [2.45, 2.75) is 37.6 Å². The lowest BCUT2D eigenvalue weighted by Crippen LogP contribution is -2.64. The molecule has 4 rings (SSSR count). The molecule has 2 fully saturated rings. The van der Waals surface area contributed by atoms with Crippen molar-refractivity contribution < 1.29 is 32.6 Å². The average Bonchev–Trinajstić information content (AvgIpc) is 3.18. The molecule has 2 aliphatic rings. The van der Waals surface area contributed by atoms with E-state index >= 15 is 0 Å². The van der Waals surface area contributed by atoms with Crippen molar-refractivity contribution in [2.24, 2.45) is 7.05 Å². The van der Waals surface area contributed by atoms with Gasteiger partial charge in [0.05, 0.1) is 23.5 Å². The summed E-state index contributed by atoms with van der Waals surface area (Å²) in [5.41, 5.74) is 0.532. The Hall–Kier alpha value is -3.15. The third kappa shape index (κ3) is 5.01. The van der Waals surface area contributed by atoms with E-state index in [0.717, 1.165) is 37.4 Å². The molecule has 0 aromatic carbocycles. The molecule has 0 saturated carbocycles. The van der Waals surface area contributed by atoms with Gasteiger partial charge in [0.25, 0.3) is 5.91 Å². The van der Waals surface area contributed by atoms with E-state index in [1.165, 1.54) is 0 Å². The lowest BCUT2D eigenvalue weighted by Gasteiger charge is -2.51. The van der Waals surface area contributed by atoms with Gasteiger partial charge in [0.2, 0.25) is 0 Å². The smallest absolute Gasteiger partial charge is 0.475 e. The van der Waals surface area contributed by atoms with Crippen molar-refractivity contribution in [1.29, 1.82) is 0 Å². The van der Waals surface area contributed by atoms with Crippen LogP contribution in [0.15, 0.2) is 36.8 Å². The molecule has 1 spiro atoms. The number of pyridine rings is 1. The molecule has 4 heterocycles. The summed E-state index contributed by atoms with van der Waals surface area (Å²) in [5.74, 6) is -1.76. The van der Waals surface area contributed by atoms with Gasteiger partial charge in [0.1, 0.15) is 12.4 Å². The quantitative estimate of drug-likeness (QED) is 0.741. The molecule has 0 aliphatic carbocycles. The number of piperidine rings is 1. The predicted molar refractivity (Wildman–Crippen MR) is 108 cm³/mol. The SMILES string of the molecule is CC1N(c2cnn(C)c2)C(=O)COC12CCN(c1ccccn1)CC2.O=C(O)C(F)(F)F. The van der Waals surface area contributed by atoms with Crippen LogP contribution in [0.25, 0.3) is 0 Å². The minimum atomic E-state index is -5.08. The highest BCUT2D eigenvalue weighted by Gasteiger charge is 2.48. The van der Waals surface area contributed by atoms with E-state index < -0.39 is 12.1 Å². The zero-order valence-electron chi connectivity index (χ0n) is 17.6. The van der Waals surface area contributed by atoms with Gasteiger partial charge in [0.15, 0.2) is 0 Å². The molecule has 12 heteroatoms. The van der Waals surface area contributed by atoms with Gasteiger partial charge in [-0.1, -0.05) is 6.07 Å². The van der Waals surface area contributed by atoms with Crippen molar-refractivity contribution in [3.8, 4) is 0 Å². The molecule has 1 unspecified atom stereocenters. The second kappa shape index (κ2) is 9.15. The van der Waals surface area contributed by atoms with Gasteiger partial charge in [-0.2, -0.15) is 18.3 Å². The van der Waals surface area contributed by atoms with Crippen molar-refractivity contribution >= 4 is 23.4 Å². The summed E-state index contributed by atoms with van der Waals surface area (Å²) in [6, 6.07) is 5.95. The number of amides is 1. The minimum absolute atomic E-state index is 0.00159. The largest absolute Gasteiger partial charge is 0.490 e. The van der Waals surface area contributed by atoms with Crippen LogP contribution in [0.4, 0.5) is 24.7 Å². The molecule has 1 N–H and O–H groups in total. The highest BCUT2D eigenvalue weighted by atomic mass is 19.4. The highest BCUT2D eigenvalue weighted by molar-refractivity contribution is 5.95. The maximum absolute atomic E-state index is 12.5. The van der Waals surface area contributed by atoms with Crippen LogP contribution < -0.4 is 9.80 Å². The normalized spacial score (nSPS) is 20.7. The number of ether oxygens (including phenoxy) is 1. The first-order chi connectivity index (χ1) is 15.0. The number of aliphatic carboxylic acids is 1. The number of hydrogen-bond acceptors (Lipinski definition) is 6. The van der Waals surface area contributed by atoms with Crippen molar-refractivity contribution in [3.05, 3.63) is 36.8 Å². The van der Waals surface area contributed by atoms with Crippen molar-refractivity contribution in [1.82, 2.24) is 14.8 Å². The first-order valence-corrected chi connectivity index (χ1v) is 9.94. The van der Waals surface area contributed by atoms with Gasteiger partial charge >= 0.3 is 12.1 Å². The van der Waals surface area contributed by atoms with Gasteiger partial charge in [-0.25, -0.2) is 9.78 Å². The molecular weight excluding hydrogens is 431 g/mol. The lowest BCUT2D eigenvalue weighted by atomic mass is 9.82. The zero-order valence-corrected chi connectivity index (χ0v) is 17.6. The topological polar surface area (TPSA) is 101 Å². The summed E-state index contributed by atoms with van der Waals surface area (Å²) in [5, 5.41) is 11.3. The fraction of sp³-hybridized carbons (Fsp3) is 0.500. The van der Waals surface area contributed by atoms with Gasteiger partial charge in [-0.05, 0) is 31.9 Å². The molecule has 2 aromatic heterocycles. The molecule has 0 radical (unpaired) electrons. The number of anilines is 2. The molecule has 9 nitrogen and oxygen atoms in total. The molecule has 174 valence electrons. The molecule has 2 aliphatic heterocycles. The fourth-order valence-electron chi connectivity index (χ4n) is 3.96. The van der Waals surface area contributed by atoms with E-state index in [4.69, 9.17) is 14.6 Å². The molecule has 1 atom stereocenters. The van der Waals surface area contributed by atoms with Crippen LogP contribution in [-0.4, -0.2) is 69.3 Å². The Labute approximate surface area is 182 Å². The first-order valence-electron chi connectivity index (χ1n) is 9.94. The molecule has 32 heavy (non-hydrogen) atoms. The van der Waals surface area contributed by atoms with Crippen LogP contribution in [0.5, 0.6) is 0 Å². The lowest BCUT2D eigenvalue weighted by molar-refractivity contribution is -0.192. The number of carboxylic acids is 1. The van der Waals surface area contributed by atoms with Crippen LogP contribution >= 0.6 is 0 Å². The number of rotatable bonds is 2. The van der Waals surface area contributed by atoms with E-state index in [0.29, 0.717) is 0 Å². The molecule has 0 bridgehead atoms. The minimum Gasteiger partial charge on any atom is -0.475 e. The van der Waals surface area contributed by atoms with E-state index in [1.54, 1.807) is 10.9 Å². The number of nitrogens with zero attached hydrogens (tertiary/aromatic N) is 5. The van der Waals surface area contributed by atoms with E-state index in [-0.39, 0.29) is 24.2 Å². The van der Waals surface area contributed by atoms with Crippen molar-refractivity contribution in [2.75, 3.05) is 29.5 Å². The Bertz CT molecular complexity index is 942. The second-order valence-corrected chi connectivity index (χ2v) is 7.64. The third-order valence-electron chi connectivity index (χ3n) is 5.70. The Morgan fingerprint density at radius 2 is 1.94 bits per heavy atom. The molecular formula is C20H24F3N5O4. The number of carboxylic acid groups (broad SMARTS) is 1. The Morgan fingerprint density at radius 3 is 2.44 bits per heavy atom. The summed E-state index contributed by atoms with van der Waals surface area (Å²) in [4.78, 5) is 29.9. The van der Waals surface area contributed by atoms with Crippen molar-refractivity contribution in [3.63, 3.8) is 0 Å². The van der Waals surface area contributed by atoms with Crippen LogP contribution in [0.3, 0.4) is 0 Å². The van der Waals surface area contributed by atoms with Gasteiger partial charge in [-0.3, -0.25) is 9.48 Å². The van der Waals surface area contributed by atoms with Crippen LogP contribution in [0.1, 0.15) is 19.8 Å². The van der Waals surface area contributed by atoms with E-state index in [1.807, 2.05) is 42.5 Å². The summed E-state index contributed by atoms with van der Waals surface area (Å²) in [7, 11) is 1.86. The van der Waals surface area contributed by atoms with Gasteiger partial charge in [0, 0.05) is 32.5 Å². The number of aryl methyl sites for hydroxylation is 1. The predicted octanol–water partition coefficient (Wildman–Crippen LogP) is 2.24. The first kappa shape index (κ1) is 23.5. The molecule has 2 aromatic rings. The van der Waals surface area contributed by atoms with Crippen LogP contribution in [-0.2, 0) is 21.4 Å². The summed E-state index contributed by atoms with van der Waals surface area (Å²) >= 11 is 0. The van der Waals surface area contributed by atoms with Crippen LogP contribution in [0, 0.1) is 0 Å². The van der Waals surface area contributed by atoms with E-state index in [2.05, 4.69) is 21.9 Å². The Kier molecular flexibility index (Phi) is 6.72. The number of morpholine rings is 1. The monoisotopic (exact) mass is 455 g/mol. The Morgan fingerprint density at radius 1 is 1.28 bits per heavy atom. The van der Waals surface area contributed by atoms with E-state index in [9.17, 15) is 18.0 Å². The van der Waals surface area contributed by atoms with Crippen LogP contribution in [0.2, 0.25) is 0 Å². The number of carbonyl (C=O) groups is 2. The summed E-state index contributed by atoms with van der Waals surface area (Å²) in [6.45, 7) is 3.95. The summed E-state index contributed by atoms with van der Waals surface area (Å²) in [6.07, 6.45) is 2.11.